The van der Waals surface area contributed by atoms with E-state index >= 15 is 0 Å². The predicted molar refractivity (Wildman–Crippen MR) is 79.4 cm³/mol. The van der Waals surface area contributed by atoms with E-state index < -0.39 is 16.0 Å². The number of carbonyl (C=O) groups is 1. The molecule has 1 aromatic carbocycles. The smallest absolute Gasteiger partial charge is 0.335 e. The highest BCUT2D eigenvalue weighted by Gasteiger charge is 2.20. The fourth-order valence-electron chi connectivity index (χ4n) is 1.33. The van der Waals surface area contributed by atoms with Crippen molar-refractivity contribution >= 4 is 31.9 Å². The van der Waals surface area contributed by atoms with Crippen LogP contribution in [0.15, 0.2) is 27.6 Å². The maximum atomic E-state index is 12.2. The second-order valence-electron chi connectivity index (χ2n) is 4.61. The van der Waals surface area contributed by atoms with Crippen molar-refractivity contribution in [2.24, 2.45) is 0 Å². The van der Waals surface area contributed by atoms with Crippen LogP contribution in [0, 0.1) is 0 Å². The molecule has 0 aliphatic heterocycles. The molecule has 0 saturated carbocycles. The summed E-state index contributed by atoms with van der Waals surface area (Å²) in [4.78, 5) is 12.7. The van der Waals surface area contributed by atoms with Crippen molar-refractivity contribution < 1.29 is 18.3 Å². The lowest BCUT2D eigenvalue weighted by Gasteiger charge is -2.20. The van der Waals surface area contributed by atoms with Gasteiger partial charge in [0.15, 0.2) is 0 Å². The Morgan fingerprint density at radius 1 is 1.45 bits per heavy atom. The van der Waals surface area contributed by atoms with Crippen molar-refractivity contribution in [3.05, 3.63) is 28.2 Å². The van der Waals surface area contributed by atoms with E-state index in [9.17, 15) is 13.2 Å². The molecule has 8 heteroatoms. The number of carboxylic acid groups (broad SMARTS) is 1. The van der Waals surface area contributed by atoms with Crippen molar-refractivity contribution in [3.8, 4) is 0 Å². The summed E-state index contributed by atoms with van der Waals surface area (Å²) in [5, 5.41) is 8.92. The van der Waals surface area contributed by atoms with Crippen LogP contribution in [0.3, 0.4) is 0 Å². The van der Waals surface area contributed by atoms with Gasteiger partial charge in [-0.3, -0.25) is 0 Å². The number of carboxylic acids is 1. The number of aromatic carboxylic acids is 1. The highest BCUT2D eigenvalue weighted by Crippen LogP contribution is 2.23. The summed E-state index contributed by atoms with van der Waals surface area (Å²) in [6, 6.07) is 3.90. The fourth-order valence-corrected chi connectivity index (χ4v) is 3.44. The zero-order valence-electron chi connectivity index (χ0n) is 11.4. The van der Waals surface area contributed by atoms with Crippen LogP contribution in [0.2, 0.25) is 0 Å². The quantitative estimate of drug-likeness (QED) is 0.795. The third kappa shape index (κ3) is 4.27. The van der Waals surface area contributed by atoms with Crippen LogP contribution in [0.4, 0.5) is 0 Å². The van der Waals surface area contributed by atoms with E-state index in [4.69, 9.17) is 5.11 Å². The highest BCUT2D eigenvalue weighted by atomic mass is 79.9. The molecule has 0 fully saturated rings. The van der Waals surface area contributed by atoms with E-state index in [1.54, 1.807) is 0 Å². The molecule has 1 rings (SSSR count). The van der Waals surface area contributed by atoms with Crippen LogP contribution in [-0.4, -0.2) is 51.1 Å². The second-order valence-corrected chi connectivity index (χ2v) is 7.20. The van der Waals surface area contributed by atoms with Crippen molar-refractivity contribution in [1.82, 2.24) is 9.62 Å². The molecule has 0 heterocycles. The molecule has 0 saturated heterocycles. The summed E-state index contributed by atoms with van der Waals surface area (Å²) < 4.78 is 27.2. The minimum Gasteiger partial charge on any atom is -0.478 e. The maximum absolute atomic E-state index is 12.2. The predicted octanol–water partition coefficient (Wildman–Crippen LogP) is 1.38. The first-order valence-corrected chi connectivity index (χ1v) is 8.11. The van der Waals surface area contributed by atoms with E-state index in [0.717, 1.165) is 6.07 Å². The SMILES string of the molecule is CC(CNS(=O)(=O)c1cc(C(=O)O)ccc1Br)N(C)C. The summed E-state index contributed by atoms with van der Waals surface area (Å²) in [6.07, 6.45) is 0. The van der Waals surface area contributed by atoms with E-state index in [0.29, 0.717) is 4.47 Å². The van der Waals surface area contributed by atoms with Crippen molar-refractivity contribution in [3.63, 3.8) is 0 Å². The van der Waals surface area contributed by atoms with Crippen molar-refractivity contribution in [1.29, 1.82) is 0 Å². The van der Waals surface area contributed by atoms with Gasteiger partial charge < -0.3 is 10.0 Å². The number of halogens is 1. The van der Waals surface area contributed by atoms with Gasteiger partial charge >= 0.3 is 5.97 Å². The molecule has 1 unspecified atom stereocenters. The Morgan fingerprint density at radius 3 is 2.55 bits per heavy atom. The summed E-state index contributed by atoms with van der Waals surface area (Å²) in [7, 11) is -0.0681. The Hall–Kier alpha value is -0.960. The lowest BCUT2D eigenvalue weighted by molar-refractivity contribution is 0.0696. The average molecular weight is 365 g/mol. The first kappa shape index (κ1) is 17.1. The molecule has 1 aromatic rings. The largest absolute Gasteiger partial charge is 0.478 e. The van der Waals surface area contributed by atoms with Gasteiger partial charge in [-0.2, -0.15) is 0 Å². The van der Waals surface area contributed by atoms with Crippen LogP contribution in [-0.2, 0) is 10.0 Å². The Kier molecular flexibility index (Phi) is 5.69. The molecular weight excluding hydrogens is 348 g/mol. The van der Waals surface area contributed by atoms with E-state index in [2.05, 4.69) is 20.7 Å². The number of hydrogen-bond donors (Lipinski definition) is 2. The number of likely N-dealkylation sites (N-methyl/N-ethyl adjacent to an activating group) is 1. The summed E-state index contributed by atoms with van der Waals surface area (Å²) in [5.74, 6) is -1.17. The molecule has 0 amide bonds. The molecule has 0 radical (unpaired) electrons. The Morgan fingerprint density at radius 2 is 2.05 bits per heavy atom. The lowest BCUT2D eigenvalue weighted by Crippen LogP contribution is -2.38. The van der Waals surface area contributed by atoms with Gasteiger partial charge in [-0.05, 0) is 55.1 Å². The topological polar surface area (TPSA) is 86.7 Å². The molecule has 2 N–H and O–H groups in total. The molecule has 0 aromatic heterocycles. The Labute approximate surface area is 127 Å². The normalized spacial score (nSPS) is 13.4. The van der Waals surface area contributed by atoms with Gasteiger partial charge in [0.05, 0.1) is 10.5 Å². The first-order valence-electron chi connectivity index (χ1n) is 5.84. The third-order valence-corrected chi connectivity index (χ3v) is 5.34. The number of rotatable bonds is 6. The number of benzene rings is 1. The first-order chi connectivity index (χ1) is 9.15. The zero-order chi connectivity index (χ0) is 15.5. The minimum atomic E-state index is -3.76. The van der Waals surface area contributed by atoms with Gasteiger partial charge in [0.2, 0.25) is 10.0 Å². The molecule has 6 nitrogen and oxygen atoms in total. The monoisotopic (exact) mass is 364 g/mol. The Balaban J connectivity index is 3.03. The molecule has 0 aliphatic carbocycles. The van der Waals surface area contributed by atoms with Gasteiger partial charge in [-0.25, -0.2) is 17.9 Å². The molecule has 0 bridgehead atoms. The second kappa shape index (κ2) is 6.66. The standard InChI is InChI=1S/C12H17BrN2O4S/c1-8(15(2)3)7-14-20(18,19)11-6-9(12(16)17)4-5-10(11)13/h4-6,8,14H,7H2,1-3H3,(H,16,17). The number of nitrogens with one attached hydrogen (secondary N) is 1. The van der Waals surface area contributed by atoms with Gasteiger partial charge in [0, 0.05) is 17.1 Å². The van der Waals surface area contributed by atoms with Crippen LogP contribution < -0.4 is 4.72 Å². The van der Waals surface area contributed by atoms with Crippen molar-refractivity contribution in [2.75, 3.05) is 20.6 Å². The van der Waals surface area contributed by atoms with Crippen LogP contribution in [0.25, 0.3) is 0 Å². The zero-order valence-corrected chi connectivity index (χ0v) is 13.8. The van der Waals surface area contributed by atoms with Gasteiger partial charge in [-0.1, -0.05) is 0 Å². The summed E-state index contributed by atoms with van der Waals surface area (Å²) in [5.41, 5.74) is -0.0748. The van der Waals surface area contributed by atoms with Gasteiger partial charge in [0.25, 0.3) is 0 Å². The molecule has 20 heavy (non-hydrogen) atoms. The number of nitrogens with zero attached hydrogens (tertiary/aromatic N) is 1. The summed E-state index contributed by atoms with van der Waals surface area (Å²) in [6.45, 7) is 2.12. The molecule has 1 atom stereocenters. The van der Waals surface area contributed by atoms with Crippen LogP contribution in [0.1, 0.15) is 17.3 Å². The summed E-state index contributed by atoms with van der Waals surface area (Å²) >= 11 is 3.13. The van der Waals surface area contributed by atoms with Crippen molar-refractivity contribution in [2.45, 2.75) is 17.9 Å². The van der Waals surface area contributed by atoms with E-state index in [-0.39, 0.29) is 23.0 Å². The van der Waals surface area contributed by atoms with Gasteiger partial charge in [0.1, 0.15) is 0 Å². The number of hydrogen-bond acceptors (Lipinski definition) is 4. The van der Waals surface area contributed by atoms with Crippen LogP contribution in [0.5, 0.6) is 0 Å². The molecular formula is C12H17BrN2O4S. The third-order valence-electron chi connectivity index (χ3n) is 2.92. The molecule has 0 aliphatic rings. The molecule has 0 spiro atoms. The van der Waals surface area contributed by atoms with E-state index in [1.807, 2.05) is 25.9 Å². The van der Waals surface area contributed by atoms with Crippen LogP contribution >= 0.6 is 15.9 Å². The lowest BCUT2D eigenvalue weighted by atomic mass is 10.2. The Bertz CT molecular complexity index is 601. The molecule has 112 valence electrons. The fraction of sp³-hybridized carbons (Fsp3) is 0.417. The highest BCUT2D eigenvalue weighted by molar-refractivity contribution is 9.10. The average Bonchev–Trinajstić information content (AvgIpc) is 2.35. The minimum absolute atomic E-state index is 0.0196. The van der Waals surface area contributed by atoms with Gasteiger partial charge in [-0.15, -0.1) is 0 Å². The number of sulfonamides is 1. The van der Waals surface area contributed by atoms with E-state index in [1.165, 1.54) is 12.1 Å². The maximum Gasteiger partial charge on any atom is 0.335 e.